The Bertz CT molecular complexity index is 1030. The van der Waals surface area contributed by atoms with Crippen LogP contribution in [0.1, 0.15) is 36.3 Å². The molecular formula is C24H25F2NO5. The summed E-state index contributed by atoms with van der Waals surface area (Å²) < 4.78 is 46.7. The van der Waals surface area contributed by atoms with Gasteiger partial charge in [-0.25, -0.2) is 13.8 Å². The molecule has 0 aliphatic heterocycles. The maximum atomic E-state index is 12.6. The summed E-state index contributed by atoms with van der Waals surface area (Å²) in [4.78, 5) is 17.1. The zero-order valence-electron chi connectivity index (χ0n) is 18.0. The second-order valence-electron chi connectivity index (χ2n) is 6.79. The van der Waals surface area contributed by atoms with Gasteiger partial charge in [0.2, 0.25) is 5.89 Å². The minimum Gasteiger partial charge on any atom is -0.490 e. The number of alkyl halides is 2. The average Bonchev–Trinajstić information content (AvgIpc) is 3.27. The third-order valence-corrected chi connectivity index (χ3v) is 4.50. The Labute approximate surface area is 185 Å². The van der Waals surface area contributed by atoms with Gasteiger partial charge in [-0.2, -0.15) is 0 Å². The zero-order valence-corrected chi connectivity index (χ0v) is 18.0. The van der Waals surface area contributed by atoms with Gasteiger partial charge in [-0.3, -0.25) is 4.79 Å². The first-order valence-electron chi connectivity index (χ1n) is 10.4. The molecule has 3 aromatic rings. The van der Waals surface area contributed by atoms with Crippen LogP contribution in [0.5, 0.6) is 17.2 Å². The van der Waals surface area contributed by atoms with Crippen molar-refractivity contribution in [3.63, 3.8) is 0 Å². The third kappa shape index (κ3) is 6.06. The lowest BCUT2D eigenvalue weighted by atomic mass is 10.0. The van der Waals surface area contributed by atoms with Crippen molar-refractivity contribution in [2.45, 2.75) is 33.1 Å². The summed E-state index contributed by atoms with van der Waals surface area (Å²) in [7, 11) is 0. The average molecular weight is 445 g/mol. The molecule has 0 radical (unpaired) electrons. The number of hydrogen-bond acceptors (Lipinski definition) is 6. The smallest absolute Gasteiger partial charge is 0.272 e. The lowest BCUT2D eigenvalue weighted by molar-refractivity contribution is 0.0799. The first kappa shape index (κ1) is 23.2. The van der Waals surface area contributed by atoms with E-state index >= 15 is 0 Å². The largest absolute Gasteiger partial charge is 0.490 e. The molecule has 0 atom stereocenters. The van der Waals surface area contributed by atoms with Crippen molar-refractivity contribution in [1.29, 1.82) is 0 Å². The second kappa shape index (κ2) is 11.3. The number of ether oxygens (including phenoxy) is 3. The molecule has 0 saturated heterocycles. The number of rotatable bonds is 12. The van der Waals surface area contributed by atoms with Gasteiger partial charge in [-0.05, 0) is 44.2 Å². The van der Waals surface area contributed by atoms with Gasteiger partial charge in [0.15, 0.2) is 17.3 Å². The number of nitrogens with zero attached hydrogens (tertiary/aromatic N) is 1. The Kier molecular flexibility index (Phi) is 8.19. The second-order valence-corrected chi connectivity index (χ2v) is 6.79. The van der Waals surface area contributed by atoms with E-state index in [1.54, 1.807) is 30.3 Å². The van der Waals surface area contributed by atoms with Gasteiger partial charge < -0.3 is 18.6 Å². The van der Waals surface area contributed by atoms with Crippen LogP contribution < -0.4 is 14.2 Å². The SMILES string of the molecule is CCOc1ccc(-c2nc(CCC(=O)c3ccccc3OCC(F)F)co2)cc1OCC. The minimum absolute atomic E-state index is 0.133. The van der Waals surface area contributed by atoms with E-state index in [1.807, 2.05) is 19.9 Å². The summed E-state index contributed by atoms with van der Waals surface area (Å²) in [6, 6.07) is 11.8. The summed E-state index contributed by atoms with van der Waals surface area (Å²) >= 11 is 0. The highest BCUT2D eigenvalue weighted by molar-refractivity contribution is 5.98. The number of aromatic nitrogens is 1. The highest BCUT2D eigenvalue weighted by Gasteiger charge is 2.16. The molecule has 0 bridgehead atoms. The molecular weight excluding hydrogens is 420 g/mol. The highest BCUT2D eigenvalue weighted by atomic mass is 19.3. The maximum absolute atomic E-state index is 12.6. The van der Waals surface area contributed by atoms with E-state index in [0.29, 0.717) is 42.7 Å². The predicted molar refractivity (Wildman–Crippen MR) is 115 cm³/mol. The van der Waals surface area contributed by atoms with Crippen molar-refractivity contribution < 1.29 is 32.2 Å². The number of benzene rings is 2. The Balaban J connectivity index is 1.67. The molecule has 0 saturated carbocycles. The van der Waals surface area contributed by atoms with Crippen molar-refractivity contribution in [3.05, 3.63) is 60.0 Å². The van der Waals surface area contributed by atoms with E-state index in [-0.39, 0.29) is 23.5 Å². The maximum Gasteiger partial charge on any atom is 0.272 e. The number of carbonyl (C=O) groups excluding carboxylic acids is 1. The van der Waals surface area contributed by atoms with Gasteiger partial charge in [-0.1, -0.05) is 12.1 Å². The first-order chi connectivity index (χ1) is 15.5. The molecule has 0 unspecified atom stereocenters. The van der Waals surface area contributed by atoms with Crippen molar-refractivity contribution in [2.75, 3.05) is 19.8 Å². The summed E-state index contributed by atoms with van der Waals surface area (Å²) in [5.74, 6) is 1.57. The monoisotopic (exact) mass is 445 g/mol. The number of carbonyl (C=O) groups is 1. The quantitative estimate of drug-likeness (QED) is 0.338. The number of ketones is 1. The van der Waals surface area contributed by atoms with E-state index in [1.165, 1.54) is 12.3 Å². The molecule has 0 aliphatic rings. The van der Waals surface area contributed by atoms with Crippen molar-refractivity contribution in [1.82, 2.24) is 4.98 Å². The van der Waals surface area contributed by atoms with Crippen LogP contribution in [0.25, 0.3) is 11.5 Å². The molecule has 2 aromatic carbocycles. The van der Waals surface area contributed by atoms with Crippen molar-refractivity contribution in [2.24, 2.45) is 0 Å². The molecule has 32 heavy (non-hydrogen) atoms. The summed E-state index contributed by atoms with van der Waals surface area (Å²) in [6.45, 7) is 4.04. The van der Waals surface area contributed by atoms with Crippen molar-refractivity contribution >= 4 is 5.78 Å². The fourth-order valence-electron chi connectivity index (χ4n) is 3.09. The fourth-order valence-corrected chi connectivity index (χ4v) is 3.09. The number of hydrogen-bond donors (Lipinski definition) is 0. The number of Topliss-reactive ketones (excluding diaryl/α,β-unsaturated/α-hetero) is 1. The molecule has 8 heteroatoms. The Morgan fingerprint density at radius 1 is 1.00 bits per heavy atom. The lowest BCUT2D eigenvalue weighted by Crippen LogP contribution is -2.10. The number of oxazole rings is 1. The lowest BCUT2D eigenvalue weighted by Gasteiger charge is -2.11. The number of aryl methyl sites for hydroxylation is 1. The van der Waals surface area contributed by atoms with E-state index in [2.05, 4.69) is 4.98 Å². The van der Waals surface area contributed by atoms with Gasteiger partial charge >= 0.3 is 0 Å². The van der Waals surface area contributed by atoms with Crippen molar-refractivity contribution in [3.8, 4) is 28.7 Å². The van der Waals surface area contributed by atoms with E-state index in [9.17, 15) is 13.6 Å². The van der Waals surface area contributed by atoms with Crippen LogP contribution in [0.2, 0.25) is 0 Å². The van der Waals surface area contributed by atoms with Crippen LogP contribution >= 0.6 is 0 Å². The predicted octanol–water partition coefficient (Wildman–Crippen LogP) is 5.60. The molecule has 0 amide bonds. The summed E-state index contributed by atoms with van der Waals surface area (Å²) in [5, 5.41) is 0. The van der Waals surface area contributed by atoms with Gasteiger partial charge in [0, 0.05) is 18.4 Å². The topological polar surface area (TPSA) is 70.8 Å². The van der Waals surface area contributed by atoms with Gasteiger partial charge in [0.05, 0.1) is 24.5 Å². The molecule has 0 N–H and O–H groups in total. The molecule has 0 aliphatic carbocycles. The van der Waals surface area contributed by atoms with E-state index < -0.39 is 13.0 Å². The van der Waals surface area contributed by atoms with Gasteiger partial charge in [0.1, 0.15) is 18.6 Å². The van der Waals surface area contributed by atoms with Crippen LogP contribution in [0, 0.1) is 0 Å². The molecule has 0 fully saturated rings. The van der Waals surface area contributed by atoms with Gasteiger partial charge in [-0.15, -0.1) is 0 Å². The van der Waals surface area contributed by atoms with Crippen LogP contribution in [0.4, 0.5) is 8.78 Å². The van der Waals surface area contributed by atoms with Crippen LogP contribution in [0.3, 0.4) is 0 Å². The standard InChI is InChI=1S/C24H25F2NO5/c1-3-29-21-12-9-16(13-22(21)30-4-2)24-27-17(14-32-24)10-11-19(28)18-7-5-6-8-20(18)31-15-23(25)26/h5-9,12-14,23H,3-4,10-11,15H2,1-2H3. The zero-order chi connectivity index (χ0) is 22.9. The summed E-state index contributed by atoms with van der Waals surface area (Å²) in [5.41, 5.74) is 1.59. The Morgan fingerprint density at radius 2 is 1.75 bits per heavy atom. The van der Waals surface area contributed by atoms with Crippen LogP contribution in [0.15, 0.2) is 53.1 Å². The Morgan fingerprint density at radius 3 is 2.50 bits per heavy atom. The van der Waals surface area contributed by atoms with Gasteiger partial charge in [0.25, 0.3) is 6.43 Å². The molecule has 3 rings (SSSR count). The van der Waals surface area contributed by atoms with Crippen LogP contribution in [-0.2, 0) is 6.42 Å². The molecule has 1 heterocycles. The Hall–Kier alpha value is -3.42. The first-order valence-corrected chi connectivity index (χ1v) is 10.4. The molecule has 170 valence electrons. The van der Waals surface area contributed by atoms with Crippen LogP contribution in [-0.4, -0.2) is 37.0 Å². The fraction of sp³-hybridized carbons (Fsp3) is 0.333. The minimum atomic E-state index is -2.61. The number of halogens is 2. The third-order valence-electron chi connectivity index (χ3n) is 4.50. The molecule has 6 nitrogen and oxygen atoms in total. The molecule has 1 aromatic heterocycles. The summed E-state index contributed by atoms with van der Waals surface area (Å²) in [6.07, 6.45) is -0.647. The number of para-hydroxylation sites is 1. The van der Waals surface area contributed by atoms with E-state index in [0.717, 1.165) is 5.56 Å². The molecule has 0 spiro atoms. The normalized spacial score (nSPS) is 10.9. The van der Waals surface area contributed by atoms with E-state index in [4.69, 9.17) is 18.6 Å². The highest BCUT2D eigenvalue weighted by Crippen LogP contribution is 2.32.